The number of rotatable bonds is 2. The summed E-state index contributed by atoms with van der Waals surface area (Å²) >= 11 is 9.03. The summed E-state index contributed by atoms with van der Waals surface area (Å²) in [6, 6.07) is 6.65. The predicted octanol–water partition coefficient (Wildman–Crippen LogP) is 3.17. The molecule has 0 aliphatic heterocycles. The molecule has 0 unspecified atom stereocenters. The maximum atomic E-state index is 11.5. The van der Waals surface area contributed by atoms with Gasteiger partial charge < -0.3 is 4.74 Å². The zero-order valence-corrected chi connectivity index (χ0v) is 10.2. The Labute approximate surface area is 101 Å². The van der Waals surface area contributed by atoms with E-state index in [-0.39, 0.29) is 5.56 Å². The normalized spacial score (nSPS) is 11.6. The largest absolute Gasteiger partial charge is 0.444 e. The molecule has 0 heterocycles. The van der Waals surface area contributed by atoms with Crippen LogP contribution < -0.4 is 0 Å². The Hall–Kier alpha value is -1.05. The number of hydrogen-bond acceptors (Lipinski definition) is 3. The zero-order valence-electron chi connectivity index (χ0n) is 7.83. The number of ether oxygens (including phenoxy) is 1. The predicted molar refractivity (Wildman–Crippen MR) is 59.6 cm³/mol. The number of halogens is 2. The summed E-state index contributed by atoms with van der Waals surface area (Å²) in [6.07, 6.45) is -0.785. The Morgan fingerprint density at radius 3 is 2.93 bits per heavy atom. The summed E-state index contributed by atoms with van der Waals surface area (Å²) in [4.78, 5) is 11.5. The van der Waals surface area contributed by atoms with Gasteiger partial charge in [-0.2, -0.15) is 5.26 Å². The smallest absolute Gasteiger partial charge is 0.340 e. The summed E-state index contributed by atoms with van der Waals surface area (Å²) in [5, 5.41) is 8.78. The highest BCUT2D eigenvalue weighted by Crippen LogP contribution is 2.22. The molecule has 0 fully saturated rings. The molecule has 1 atom stereocenters. The van der Waals surface area contributed by atoms with Gasteiger partial charge in [0.25, 0.3) is 0 Å². The molecule has 1 aromatic carbocycles. The SMILES string of the molecule is C[C@H](C#N)OC(=O)c1cc(Br)ccc1Cl. The molecule has 0 aromatic heterocycles. The molecular formula is C10H7BrClNO2. The lowest BCUT2D eigenvalue weighted by Gasteiger charge is -2.07. The first kappa shape index (κ1) is 12.0. The molecule has 0 radical (unpaired) electrons. The van der Waals surface area contributed by atoms with Crippen LogP contribution in [0.1, 0.15) is 17.3 Å². The highest BCUT2D eigenvalue weighted by atomic mass is 79.9. The van der Waals surface area contributed by atoms with Crippen molar-refractivity contribution in [2.24, 2.45) is 0 Å². The van der Waals surface area contributed by atoms with E-state index < -0.39 is 12.1 Å². The maximum Gasteiger partial charge on any atom is 0.340 e. The first-order valence-electron chi connectivity index (χ1n) is 4.10. The van der Waals surface area contributed by atoms with Crippen molar-refractivity contribution in [3.63, 3.8) is 0 Å². The van der Waals surface area contributed by atoms with Crippen LogP contribution in [0.5, 0.6) is 0 Å². The van der Waals surface area contributed by atoms with Crippen LogP contribution in [0.25, 0.3) is 0 Å². The molecule has 1 rings (SSSR count). The fourth-order valence-corrected chi connectivity index (χ4v) is 1.46. The Bertz CT molecular complexity index is 428. The van der Waals surface area contributed by atoms with Gasteiger partial charge in [0, 0.05) is 4.47 Å². The van der Waals surface area contributed by atoms with Gasteiger partial charge in [-0.3, -0.25) is 0 Å². The molecule has 0 saturated carbocycles. The van der Waals surface area contributed by atoms with Crippen LogP contribution in [0.15, 0.2) is 22.7 Å². The van der Waals surface area contributed by atoms with Crippen molar-refractivity contribution in [2.45, 2.75) is 13.0 Å². The van der Waals surface area contributed by atoms with Crippen molar-refractivity contribution in [3.8, 4) is 6.07 Å². The Morgan fingerprint density at radius 2 is 2.33 bits per heavy atom. The van der Waals surface area contributed by atoms with Crippen molar-refractivity contribution in [1.29, 1.82) is 5.26 Å². The maximum absolute atomic E-state index is 11.5. The third-order valence-electron chi connectivity index (χ3n) is 1.61. The zero-order chi connectivity index (χ0) is 11.4. The van der Waals surface area contributed by atoms with Gasteiger partial charge in [-0.1, -0.05) is 27.5 Å². The number of nitrogens with zero attached hydrogens (tertiary/aromatic N) is 1. The number of benzene rings is 1. The average molecular weight is 289 g/mol. The van der Waals surface area contributed by atoms with E-state index in [9.17, 15) is 4.79 Å². The minimum Gasteiger partial charge on any atom is -0.444 e. The van der Waals surface area contributed by atoms with Crippen LogP contribution in [-0.2, 0) is 4.74 Å². The second kappa shape index (κ2) is 5.15. The molecule has 0 aliphatic rings. The van der Waals surface area contributed by atoms with Gasteiger partial charge in [0.05, 0.1) is 10.6 Å². The highest BCUT2D eigenvalue weighted by Gasteiger charge is 2.14. The molecule has 0 saturated heterocycles. The van der Waals surface area contributed by atoms with Crippen LogP contribution >= 0.6 is 27.5 Å². The molecule has 0 aliphatic carbocycles. The van der Waals surface area contributed by atoms with Crippen molar-refractivity contribution < 1.29 is 9.53 Å². The number of carbonyl (C=O) groups is 1. The molecule has 0 N–H and O–H groups in total. The number of esters is 1. The lowest BCUT2D eigenvalue weighted by atomic mass is 10.2. The molecule has 0 spiro atoms. The highest BCUT2D eigenvalue weighted by molar-refractivity contribution is 9.10. The van der Waals surface area contributed by atoms with Crippen LogP contribution in [0.2, 0.25) is 5.02 Å². The third-order valence-corrected chi connectivity index (χ3v) is 2.44. The lowest BCUT2D eigenvalue weighted by Crippen LogP contribution is -2.13. The molecule has 78 valence electrons. The van der Waals surface area contributed by atoms with E-state index in [1.807, 2.05) is 0 Å². The summed E-state index contributed by atoms with van der Waals surface area (Å²) in [5.41, 5.74) is 0.244. The van der Waals surface area contributed by atoms with Gasteiger partial charge in [0.15, 0.2) is 6.10 Å². The van der Waals surface area contributed by atoms with Gasteiger partial charge in [-0.05, 0) is 25.1 Å². The Balaban J connectivity index is 2.92. The first-order chi connectivity index (χ1) is 7.04. The second-order valence-corrected chi connectivity index (χ2v) is 4.12. The van der Waals surface area contributed by atoms with Crippen molar-refractivity contribution in [2.75, 3.05) is 0 Å². The summed E-state index contributed by atoms with van der Waals surface area (Å²) in [7, 11) is 0. The average Bonchev–Trinajstić information content (AvgIpc) is 2.21. The van der Waals surface area contributed by atoms with E-state index in [2.05, 4.69) is 15.9 Å². The molecule has 0 bridgehead atoms. The topological polar surface area (TPSA) is 50.1 Å². The number of nitriles is 1. The van der Waals surface area contributed by atoms with Crippen LogP contribution in [0, 0.1) is 11.3 Å². The summed E-state index contributed by atoms with van der Waals surface area (Å²) in [6.45, 7) is 1.49. The molecular weight excluding hydrogens is 281 g/mol. The minimum atomic E-state index is -0.785. The molecule has 0 amide bonds. The van der Waals surface area contributed by atoms with E-state index in [1.54, 1.807) is 24.3 Å². The van der Waals surface area contributed by atoms with Crippen molar-refractivity contribution >= 4 is 33.5 Å². The Morgan fingerprint density at radius 1 is 1.67 bits per heavy atom. The van der Waals surface area contributed by atoms with Gasteiger partial charge in [-0.25, -0.2) is 4.79 Å². The number of hydrogen-bond donors (Lipinski definition) is 0. The van der Waals surface area contributed by atoms with E-state index in [0.29, 0.717) is 5.02 Å². The lowest BCUT2D eigenvalue weighted by molar-refractivity contribution is 0.0435. The van der Waals surface area contributed by atoms with E-state index in [1.165, 1.54) is 6.92 Å². The first-order valence-corrected chi connectivity index (χ1v) is 5.27. The van der Waals surface area contributed by atoms with Crippen molar-refractivity contribution in [1.82, 2.24) is 0 Å². The second-order valence-electron chi connectivity index (χ2n) is 2.80. The minimum absolute atomic E-state index is 0.244. The fourth-order valence-electron chi connectivity index (χ4n) is 0.904. The van der Waals surface area contributed by atoms with Crippen LogP contribution in [0.4, 0.5) is 0 Å². The monoisotopic (exact) mass is 287 g/mol. The summed E-state index contributed by atoms with van der Waals surface area (Å²) < 4.78 is 5.54. The van der Waals surface area contributed by atoms with E-state index >= 15 is 0 Å². The molecule has 1 aromatic rings. The van der Waals surface area contributed by atoms with Crippen LogP contribution in [0.3, 0.4) is 0 Å². The summed E-state index contributed by atoms with van der Waals surface area (Å²) in [5.74, 6) is -0.602. The quantitative estimate of drug-likeness (QED) is 0.785. The molecule has 3 nitrogen and oxygen atoms in total. The fraction of sp³-hybridized carbons (Fsp3) is 0.200. The van der Waals surface area contributed by atoms with E-state index in [0.717, 1.165) is 4.47 Å². The van der Waals surface area contributed by atoms with E-state index in [4.69, 9.17) is 21.6 Å². The number of carbonyl (C=O) groups excluding carboxylic acids is 1. The standard InChI is InChI=1S/C10H7BrClNO2/c1-6(5-13)15-10(14)8-4-7(11)2-3-9(8)12/h2-4,6H,1H3/t6-/m1/s1. The Kier molecular flexibility index (Phi) is 4.13. The van der Waals surface area contributed by atoms with Crippen molar-refractivity contribution in [3.05, 3.63) is 33.3 Å². The van der Waals surface area contributed by atoms with Gasteiger partial charge in [-0.15, -0.1) is 0 Å². The van der Waals surface area contributed by atoms with Gasteiger partial charge in [0.2, 0.25) is 0 Å². The van der Waals surface area contributed by atoms with Gasteiger partial charge >= 0.3 is 5.97 Å². The molecule has 5 heteroatoms. The van der Waals surface area contributed by atoms with Gasteiger partial charge in [0.1, 0.15) is 6.07 Å². The molecule has 15 heavy (non-hydrogen) atoms. The third kappa shape index (κ3) is 3.22. The van der Waals surface area contributed by atoms with Crippen LogP contribution in [-0.4, -0.2) is 12.1 Å².